The predicted octanol–water partition coefficient (Wildman–Crippen LogP) is 3.72. The zero-order valence-electron chi connectivity index (χ0n) is 11.6. The zero-order valence-corrected chi connectivity index (χ0v) is 12.4. The molecule has 5 heteroatoms. The second-order valence-electron chi connectivity index (χ2n) is 4.44. The summed E-state index contributed by atoms with van der Waals surface area (Å²) in [5.74, 6) is 2.37. The second kappa shape index (κ2) is 5.09. The van der Waals surface area contributed by atoms with Gasteiger partial charge in [-0.05, 0) is 37.3 Å². The molecule has 0 saturated heterocycles. The number of fused-ring (bicyclic) bond motifs is 1. The molecule has 102 valence electrons. The molecule has 0 amide bonds. The van der Waals surface area contributed by atoms with Gasteiger partial charge in [0.2, 0.25) is 0 Å². The second-order valence-corrected chi connectivity index (χ2v) is 5.73. The molecule has 0 spiro atoms. The lowest BCUT2D eigenvalue weighted by Crippen LogP contribution is -1.98. The molecule has 20 heavy (non-hydrogen) atoms. The molecular weight excluding hydrogens is 270 g/mol. The van der Waals surface area contributed by atoms with Gasteiger partial charge in [-0.15, -0.1) is 11.3 Å². The molecule has 0 radical (unpaired) electrons. The summed E-state index contributed by atoms with van der Waals surface area (Å²) in [6.45, 7) is 2.08. The first kappa shape index (κ1) is 12.9. The van der Waals surface area contributed by atoms with Crippen LogP contribution in [0.25, 0.3) is 21.6 Å². The van der Waals surface area contributed by atoms with E-state index >= 15 is 0 Å². The van der Waals surface area contributed by atoms with Crippen LogP contribution in [0.1, 0.15) is 4.88 Å². The molecule has 0 aliphatic carbocycles. The Hall–Kier alpha value is -2.14. The van der Waals surface area contributed by atoms with Crippen LogP contribution in [0.15, 0.2) is 30.3 Å². The summed E-state index contributed by atoms with van der Waals surface area (Å²) in [6, 6.07) is 9.97. The van der Waals surface area contributed by atoms with E-state index in [1.54, 1.807) is 18.4 Å². The highest BCUT2D eigenvalue weighted by Crippen LogP contribution is 2.30. The third-order valence-corrected chi connectivity index (χ3v) is 4.10. The molecule has 2 aromatic heterocycles. The van der Waals surface area contributed by atoms with Gasteiger partial charge in [0.25, 0.3) is 0 Å². The van der Waals surface area contributed by atoms with Gasteiger partial charge in [0, 0.05) is 17.3 Å². The van der Waals surface area contributed by atoms with Crippen LogP contribution in [-0.4, -0.2) is 24.1 Å². The molecule has 0 fully saturated rings. The minimum atomic E-state index is 0.755. The van der Waals surface area contributed by atoms with E-state index in [9.17, 15) is 0 Å². The molecule has 4 nitrogen and oxygen atoms in total. The van der Waals surface area contributed by atoms with Crippen LogP contribution in [0.3, 0.4) is 0 Å². The Morgan fingerprint density at radius 1 is 1.15 bits per heavy atom. The number of benzene rings is 1. The van der Waals surface area contributed by atoms with Crippen LogP contribution in [0.5, 0.6) is 5.75 Å². The maximum absolute atomic E-state index is 5.26. The number of thiophene rings is 1. The van der Waals surface area contributed by atoms with E-state index in [0.717, 1.165) is 33.2 Å². The number of aryl methyl sites for hydroxylation is 1. The minimum Gasteiger partial charge on any atom is -0.497 e. The number of anilines is 1. The summed E-state index contributed by atoms with van der Waals surface area (Å²) < 4.78 is 5.26. The lowest BCUT2D eigenvalue weighted by molar-refractivity contribution is 0.415. The average Bonchev–Trinajstić information content (AvgIpc) is 2.92. The Morgan fingerprint density at radius 2 is 2.00 bits per heavy atom. The third kappa shape index (κ3) is 2.20. The van der Waals surface area contributed by atoms with Gasteiger partial charge in [-0.2, -0.15) is 0 Å². The van der Waals surface area contributed by atoms with Gasteiger partial charge in [-0.25, -0.2) is 9.97 Å². The smallest absolute Gasteiger partial charge is 0.172 e. The van der Waals surface area contributed by atoms with E-state index in [-0.39, 0.29) is 0 Å². The van der Waals surface area contributed by atoms with Crippen molar-refractivity contribution in [2.45, 2.75) is 6.92 Å². The van der Waals surface area contributed by atoms with Crippen molar-refractivity contribution in [3.8, 4) is 16.5 Å². The van der Waals surface area contributed by atoms with Crippen LogP contribution in [0.2, 0.25) is 0 Å². The maximum atomic E-state index is 5.26. The summed E-state index contributed by atoms with van der Waals surface area (Å²) in [6.07, 6.45) is 0. The molecular formula is C15H15N3OS. The molecule has 0 aliphatic rings. The number of aromatic nitrogens is 2. The Kier molecular flexibility index (Phi) is 3.28. The normalized spacial score (nSPS) is 10.8. The van der Waals surface area contributed by atoms with E-state index in [1.807, 2.05) is 25.2 Å². The molecule has 2 heterocycles. The van der Waals surface area contributed by atoms with E-state index in [4.69, 9.17) is 4.74 Å². The summed E-state index contributed by atoms with van der Waals surface area (Å²) in [5.41, 5.74) is 0.909. The molecule has 0 bridgehead atoms. The van der Waals surface area contributed by atoms with Crippen molar-refractivity contribution in [3.63, 3.8) is 0 Å². The lowest BCUT2D eigenvalue weighted by atomic mass is 10.2. The first-order valence-corrected chi connectivity index (χ1v) is 7.13. The first-order valence-electron chi connectivity index (χ1n) is 6.31. The number of rotatable bonds is 3. The zero-order chi connectivity index (χ0) is 14.1. The van der Waals surface area contributed by atoms with Crippen molar-refractivity contribution in [3.05, 3.63) is 35.2 Å². The molecule has 3 rings (SSSR count). The molecule has 0 saturated carbocycles. The van der Waals surface area contributed by atoms with Gasteiger partial charge in [-0.3, -0.25) is 0 Å². The molecule has 0 aliphatic heterocycles. The third-order valence-electron chi connectivity index (χ3n) is 3.10. The molecule has 3 aromatic rings. The maximum Gasteiger partial charge on any atom is 0.172 e. The Morgan fingerprint density at radius 3 is 2.65 bits per heavy atom. The number of hydrogen-bond acceptors (Lipinski definition) is 5. The summed E-state index contributed by atoms with van der Waals surface area (Å²) in [5, 5.41) is 4.10. The highest BCUT2D eigenvalue weighted by atomic mass is 32.1. The molecule has 0 unspecified atom stereocenters. The van der Waals surface area contributed by atoms with Gasteiger partial charge in [0.05, 0.1) is 17.5 Å². The van der Waals surface area contributed by atoms with Gasteiger partial charge >= 0.3 is 0 Å². The van der Waals surface area contributed by atoms with Gasteiger partial charge in [0.1, 0.15) is 11.6 Å². The number of hydrogen-bond donors (Lipinski definition) is 1. The Balaban J connectivity index is 2.22. The van der Waals surface area contributed by atoms with Crippen LogP contribution in [0, 0.1) is 6.92 Å². The Bertz CT molecular complexity index is 767. The number of nitrogens with zero attached hydrogens (tertiary/aromatic N) is 2. The standard InChI is InChI=1S/C15H15N3OS/c1-9-4-7-13(20-9)15-17-12-6-5-10(19-3)8-11(12)14(16-2)18-15/h4-8H,1-3H3,(H,16,17,18). The first-order chi connectivity index (χ1) is 9.71. The number of nitrogens with one attached hydrogen (secondary N) is 1. The van der Waals surface area contributed by atoms with Gasteiger partial charge in [0.15, 0.2) is 5.82 Å². The number of methoxy groups -OCH3 is 1. The van der Waals surface area contributed by atoms with Crippen molar-refractivity contribution in [1.82, 2.24) is 9.97 Å². The van der Waals surface area contributed by atoms with E-state index in [0.29, 0.717) is 0 Å². The minimum absolute atomic E-state index is 0.755. The summed E-state index contributed by atoms with van der Waals surface area (Å²) >= 11 is 1.70. The molecule has 1 N–H and O–H groups in total. The number of ether oxygens (including phenoxy) is 1. The van der Waals surface area contributed by atoms with E-state index < -0.39 is 0 Å². The van der Waals surface area contributed by atoms with Crippen LogP contribution < -0.4 is 10.1 Å². The fraction of sp³-hybridized carbons (Fsp3) is 0.200. The van der Waals surface area contributed by atoms with Crippen LogP contribution in [-0.2, 0) is 0 Å². The van der Waals surface area contributed by atoms with Crippen LogP contribution in [0.4, 0.5) is 5.82 Å². The SMILES string of the molecule is CNc1nc(-c2ccc(C)s2)nc2ccc(OC)cc12. The highest BCUT2D eigenvalue weighted by molar-refractivity contribution is 7.15. The van der Waals surface area contributed by atoms with Crippen molar-refractivity contribution in [2.75, 3.05) is 19.5 Å². The van der Waals surface area contributed by atoms with Crippen molar-refractivity contribution in [2.24, 2.45) is 0 Å². The van der Waals surface area contributed by atoms with Gasteiger partial charge in [-0.1, -0.05) is 0 Å². The lowest BCUT2D eigenvalue weighted by Gasteiger charge is -2.08. The summed E-state index contributed by atoms with van der Waals surface area (Å²) in [7, 11) is 3.52. The fourth-order valence-electron chi connectivity index (χ4n) is 2.09. The quantitative estimate of drug-likeness (QED) is 0.796. The monoisotopic (exact) mass is 285 g/mol. The van der Waals surface area contributed by atoms with E-state index in [1.165, 1.54) is 4.88 Å². The largest absolute Gasteiger partial charge is 0.497 e. The van der Waals surface area contributed by atoms with Crippen LogP contribution >= 0.6 is 11.3 Å². The average molecular weight is 285 g/mol. The van der Waals surface area contributed by atoms with Gasteiger partial charge < -0.3 is 10.1 Å². The highest BCUT2D eigenvalue weighted by Gasteiger charge is 2.10. The van der Waals surface area contributed by atoms with Crippen molar-refractivity contribution >= 4 is 28.1 Å². The van der Waals surface area contributed by atoms with Crippen molar-refractivity contribution < 1.29 is 4.74 Å². The fourth-order valence-corrected chi connectivity index (χ4v) is 2.89. The molecule has 1 aromatic carbocycles. The summed E-state index contributed by atoms with van der Waals surface area (Å²) in [4.78, 5) is 11.6. The predicted molar refractivity (Wildman–Crippen MR) is 83.7 cm³/mol. The Labute approximate surface area is 121 Å². The van der Waals surface area contributed by atoms with Crippen molar-refractivity contribution in [1.29, 1.82) is 0 Å². The van der Waals surface area contributed by atoms with E-state index in [2.05, 4.69) is 34.3 Å². The molecule has 0 atom stereocenters. The topological polar surface area (TPSA) is 47.0 Å².